The molecule has 0 bridgehead atoms. The first-order valence-electron chi connectivity index (χ1n) is 6.75. The van der Waals surface area contributed by atoms with Gasteiger partial charge in [-0.05, 0) is 36.4 Å². The number of methoxy groups -OCH3 is 1. The van der Waals surface area contributed by atoms with Crippen LogP contribution in [0.3, 0.4) is 0 Å². The first kappa shape index (κ1) is 13.9. The van der Waals surface area contributed by atoms with Gasteiger partial charge in [0.1, 0.15) is 11.4 Å². The fourth-order valence-electron chi connectivity index (χ4n) is 2.21. The smallest absolute Gasteiger partial charge is 0.281 e. The van der Waals surface area contributed by atoms with E-state index in [1.807, 2.05) is 6.07 Å². The molecule has 2 amide bonds. The number of nitrogens with zero attached hydrogens (tertiary/aromatic N) is 1. The molecule has 1 aliphatic rings. The number of rotatable bonds is 4. The third-order valence-corrected chi connectivity index (χ3v) is 3.31. The minimum atomic E-state index is -0.369. The van der Waals surface area contributed by atoms with Crippen LogP contribution in [0.4, 0.5) is 11.4 Å². The van der Waals surface area contributed by atoms with Crippen LogP contribution in [0, 0.1) is 0 Å². The molecule has 0 saturated carbocycles. The number of anilines is 2. The number of benzene rings is 2. The van der Waals surface area contributed by atoms with Gasteiger partial charge in [-0.2, -0.15) is 0 Å². The first-order chi connectivity index (χ1) is 10.7. The van der Waals surface area contributed by atoms with Gasteiger partial charge in [0.05, 0.1) is 12.8 Å². The molecule has 0 spiro atoms. The maximum absolute atomic E-state index is 12.4. The molecule has 0 radical (unpaired) electrons. The van der Waals surface area contributed by atoms with Gasteiger partial charge in [-0.1, -0.05) is 18.2 Å². The number of hydrogen-bond donors (Lipinski definition) is 1. The Morgan fingerprint density at radius 2 is 1.64 bits per heavy atom. The van der Waals surface area contributed by atoms with Crippen molar-refractivity contribution in [2.75, 3.05) is 17.3 Å². The standard InChI is InChI=1S/C17H14N2O3/c1-22-14-9-7-12(8-10-14)18-15-11-16(20)19(17(15)21)13-5-3-2-4-6-13/h2-11,18H,1H3. The van der Waals surface area contributed by atoms with Crippen LogP contribution < -0.4 is 15.0 Å². The van der Waals surface area contributed by atoms with E-state index in [1.165, 1.54) is 6.08 Å². The Bertz CT molecular complexity index is 736. The summed E-state index contributed by atoms with van der Waals surface area (Å²) in [6, 6.07) is 16.0. The van der Waals surface area contributed by atoms with Crippen molar-refractivity contribution in [1.29, 1.82) is 0 Å². The topological polar surface area (TPSA) is 58.6 Å². The summed E-state index contributed by atoms with van der Waals surface area (Å²) in [5, 5.41) is 2.97. The van der Waals surface area contributed by atoms with E-state index in [1.54, 1.807) is 55.6 Å². The lowest BCUT2D eigenvalue weighted by atomic mass is 10.2. The molecule has 0 aromatic heterocycles. The van der Waals surface area contributed by atoms with Gasteiger partial charge in [0.15, 0.2) is 0 Å². The molecule has 5 nitrogen and oxygen atoms in total. The van der Waals surface area contributed by atoms with Crippen molar-refractivity contribution in [1.82, 2.24) is 0 Å². The molecular formula is C17H14N2O3. The monoisotopic (exact) mass is 294 g/mol. The zero-order chi connectivity index (χ0) is 15.5. The Morgan fingerprint density at radius 3 is 2.27 bits per heavy atom. The van der Waals surface area contributed by atoms with E-state index in [9.17, 15) is 9.59 Å². The second-order valence-electron chi connectivity index (χ2n) is 4.73. The van der Waals surface area contributed by atoms with E-state index in [0.29, 0.717) is 11.4 Å². The van der Waals surface area contributed by atoms with E-state index >= 15 is 0 Å². The second kappa shape index (κ2) is 5.73. The number of para-hydroxylation sites is 1. The molecule has 1 heterocycles. The number of nitrogens with one attached hydrogen (secondary N) is 1. The maximum atomic E-state index is 12.4. The average Bonchev–Trinajstić information content (AvgIpc) is 2.83. The summed E-state index contributed by atoms with van der Waals surface area (Å²) in [5.41, 5.74) is 1.52. The second-order valence-corrected chi connectivity index (χ2v) is 4.73. The van der Waals surface area contributed by atoms with Gasteiger partial charge < -0.3 is 10.1 Å². The van der Waals surface area contributed by atoms with E-state index in [-0.39, 0.29) is 17.5 Å². The molecule has 0 atom stereocenters. The Labute approximate surface area is 127 Å². The van der Waals surface area contributed by atoms with Gasteiger partial charge in [0, 0.05) is 11.8 Å². The normalized spacial score (nSPS) is 14.0. The molecule has 0 aliphatic carbocycles. The van der Waals surface area contributed by atoms with Gasteiger partial charge >= 0.3 is 0 Å². The highest BCUT2D eigenvalue weighted by Gasteiger charge is 2.32. The van der Waals surface area contributed by atoms with Crippen molar-refractivity contribution in [2.24, 2.45) is 0 Å². The van der Waals surface area contributed by atoms with E-state index in [2.05, 4.69) is 5.32 Å². The van der Waals surface area contributed by atoms with Gasteiger partial charge in [0.25, 0.3) is 11.8 Å². The maximum Gasteiger partial charge on any atom is 0.281 e. The van der Waals surface area contributed by atoms with Gasteiger partial charge in [-0.15, -0.1) is 0 Å². The minimum absolute atomic E-state index is 0.249. The van der Waals surface area contributed by atoms with Crippen LogP contribution in [0.1, 0.15) is 0 Å². The van der Waals surface area contributed by atoms with Crippen LogP contribution in [-0.4, -0.2) is 18.9 Å². The van der Waals surface area contributed by atoms with Gasteiger partial charge in [-0.3, -0.25) is 9.59 Å². The number of hydrogen-bond acceptors (Lipinski definition) is 4. The van der Waals surface area contributed by atoms with Crippen molar-refractivity contribution in [3.8, 4) is 5.75 Å². The van der Waals surface area contributed by atoms with Crippen LogP contribution in [0.15, 0.2) is 66.4 Å². The first-order valence-corrected chi connectivity index (χ1v) is 6.75. The Morgan fingerprint density at radius 1 is 0.955 bits per heavy atom. The van der Waals surface area contributed by atoms with Gasteiger partial charge in [0.2, 0.25) is 0 Å². The summed E-state index contributed by atoms with van der Waals surface area (Å²) in [7, 11) is 1.59. The SMILES string of the molecule is COc1ccc(NC2=CC(=O)N(c3ccccc3)C2=O)cc1. The summed E-state index contributed by atoms with van der Waals surface area (Å²) in [4.78, 5) is 25.6. The molecule has 1 N–H and O–H groups in total. The third-order valence-electron chi connectivity index (χ3n) is 3.31. The van der Waals surface area contributed by atoms with Crippen LogP contribution in [0.2, 0.25) is 0 Å². The van der Waals surface area contributed by atoms with Crippen molar-refractivity contribution >= 4 is 23.2 Å². The van der Waals surface area contributed by atoms with Crippen LogP contribution in [-0.2, 0) is 9.59 Å². The summed E-state index contributed by atoms with van der Waals surface area (Å²) in [5.74, 6) is -0.00139. The number of amides is 2. The summed E-state index contributed by atoms with van der Waals surface area (Å²) < 4.78 is 5.08. The molecular weight excluding hydrogens is 280 g/mol. The predicted octanol–water partition coefficient (Wildman–Crippen LogP) is 2.56. The van der Waals surface area contributed by atoms with Crippen LogP contribution in [0.5, 0.6) is 5.75 Å². The lowest BCUT2D eigenvalue weighted by molar-refractivity contribution is -0.120. The molecule has 0 saturated heterocycles. The van der Waals surface area contributed by atoms with Crippen molar-refractivity contribution in [3.05, 3.63) is 66.4 Å². The Balaban J connectivity index is 1.79. The molecule has 110 valence electrons. The zero-order valence-corrected chi connectivity index (χ0v) is 11.9. The average molecular weight is 294 g/mol. The molecule has 2 aromatic rings. The van der Waals surface area contributed by atoms with Crippen LogP contribution in [0.25, 0.3) is 0 Å². The largest absolute Gasteiger partial charge is 0.497 e. The molecule has 0 unspecified atom stereocenters. The quantitative estimate of drug-likeness (QED) is 0.880. The Kier molecular flexibility index (Phi) is 3.62. The molecule has 3 rings (SSSR count). The zero-order valence-electron chi connectivity index (χ0n) is 11.9. The minimum Gasteiger partial charge on any atom is -0.497 e. The lowest BCUT2D eigenvalue weighted by Crippen LogP contribution is -2.31. The summed E-state index contributed by atoms with van der Waals surface area (Å²) in [6.45, 7) is 0. The number of imide groups is 1. The summed E-state index contributed by atoms with van der Waals surface area (Å²) in [6.07, 6.45) is 1.31. The van der Waals surface area contributed by atoms with Crippen LogP contribution >= 0.6 is 0 Å². The van der Waals surface area contributed by atoms with E-state index < -0.39 is 0 Å². The third kappa shape index (κ3) is 2.56. The van der Waals surface area contributed by atoms with E-state index in [0.717, 1.165) is 10.6 Å². The van der Waals surface area contributed by atoms with Crippen molar-refractivity contribution in [3.63, 3.8) is 0 Å². The highest BCUT2D eigenvalue weighted by Crippen LogP contribution is 2.24. The molecule has 5 heteroatoms. The molecule has 1 aliphatic heterocycles. The fraction of sp³-hybridized carbons (Fsp3) is 0.0588. The summed E-state index contributed by atoms with van der Waals surface area (Å²) >= 11 is 0. The molecule has 22 heavy (non-hydrogen) atoms. The number of ether oxygens (including phenoxy) is 1. The Hall–Kier alpha value is -3.08. The van der Waals surface area contributed by atoms with Gasteiger partial charge in [-0.25, -0.2) is 4.90 Å². The predicted molar refractivity (Wildman–Crippen MR) is 83.6 cm³/mol. The lowest BCUT2D eigenvalue weighted by Gasteiger charge is -2.15. The van der Waals surface area contributed by atoms with E-state index in [4.69, 9.17) is 4.74 Å². The van der Waals surface area contributed by atoms with Crippen molar-refractivity contribution < 1.29 is 14.3 Å². The molecule has 2 aromatic carbocycles. The molecule has 0 fully saturated rings. The number of carbonyl (C=O) groups excluding carboxylic acids is 2. The fourth-order valence-corrected chi connectivity index (χ4v) is 2.21. The highest BCUT2D eigenvalue weighted by atomic mass is 16.5. The highest BCUT2D eigenvalue weighted by molar-refractivity contribution is 6.31. The number of carbonyl (C=O) groups is 2. The van der Waals surface area contributed by atoms with Crippen molar-refractivity contribution in [2.45, 2.75) is 0 Å².